The minimum absolute atomic E-state index is 0.410. The van der Waals surface area contributed by atoms with Crippen molar-refractivity contribution in [1.29, 1.82) is 0 Å². The van der Waals surface area contributed by atoms with Crippen molar-refractivity contribution in [2.75, 3.05) is 39.0 Å². The molecule has 0 spiro atoms. The molecule has 3 heterocycles. The summed E-state index contributed by atoms with van der Waals surface area (Å²) in [6.45, 7) is 1.85. The summed E-state index contributed by atoms with van der Waals surface area (Å²) < 4.78 is 28.9. The van der Waals surface area contributed by atoms with Crippen LogP contribution >= 0.6 is 0 Å². The Bertz CT molecular complexity index is 810. The monoisotopic (exact) mass is 353 g/mol. The van der Waals surface area contributed by atoms with Gasteiger partial charge < -0.3 is 9.88 Å². The maximum atomic E-state index is 12.1. The van der Waals surface area contributed by atoms with Gasteiger partial charge in [0.15, 0.2) is 11.5 Å². The van der Waals surface area contributed by atoms with E-state index in [1.54, 1.807) is 24.7 Å². The van der Waals surface area contributed by atoms with Crippen LogP contribution < -0.4 is 5.32 Å². The van der Waals surface area contributed by atoms with Crippen LogP contribution in [-0.4, -0.2) is 70.3 Å². The van der Waals surface area contributed by atoms with Crippen LogP contribution in [0.1, 0.15) is 12.8 Å². The van der Waals surface area contributed by atoms with Crippen molar-refractivity contribution in [3.8, 4) is 0 Å². The lowest BCUT2D eigenvalue weighted by Gasteiger charge is -2.32. The molecule has 0 radical (unpaired) electrons. The lowest BCUT2D eigenvalue weighted by atomic mass is 9.98. The molecule has 1 N–H and O–H groups in total. The number of hydrogen-bond donors (Lipinski definition) is 1. The molecule has 24 heavy (non-hydrogen) atoms. The SMILES string of the molecule is CN(C)S(=O)(=O)N1CCC(CNc2ncnc3c2ncn3C)CC1. The Balaban J connectivity index is 1.59. The third-order valence-electron chi connectivity index (χ3n) is 4.42. The molecule has 0 amide bonds. The van der Waals surface area contributed by atoms with Crippen molar-refractivity contribution in [3.63, 3.8) is 0 Å². The summed E-state index contributed by atoms with van der Waals surface area (Å²) in [7, 11) is 1.72. The Kier molecular flexibility index (Phi) is 4.70. The van der Waals surface area contributed by atoms with Crippen LogP contribution in [0.15, 0.2) is 12.7 Å². The molecule has 0 unspecified atom stereocenters. The summed E-state index contributed by atoms with van der Waals surface area (Å²) in [6.07, 6.45) is 4.90. The Morgan fingerprint density at radius 3 is 2.62 bits per heavy atom. The highest BCUT2D eigenvalue weighted by Crippen LogP contribution is 2.22. The zero-order valence-corrected chi connectivity index (χ0v) is 15.0. The Hall–Kier alpha value is -1.78. The van der Waals surface area contributed by atoms with E-state index in [1.165, 1.54) is 10.6 Å². The van der Waals surface area contributed by atoms with Gasteiger partial charge in [0, 0.05) is 40.8 Å². The molecule has 3 rings (SSSR count). The van der Waals surface area contributed by atoms with Crippen LogP contribution in [0.2, 0.25) is 0 Å². The number of imidazole rings is 1. The Morgan fingerprint density at radius 1 is 1.25 bits per heavy atom. The standard InChI is InChI=1S/C14H23N7O2S/c1-19(2)24(22,23)21-6-4-11(5-7-21)8-15-13-12-14(17-9-16-13)20(3)10-18-12/h9-11H,4-8H2,1-3H3,(H,15,16,17). The van der Waals surface area contributed by atoms with Gasteiger partial charge in [0.05, 0.1) is 6.33 Å². The fourth-order valence-electron chi connectivity index (χ4n) is 2.89. The maximum Gasteiger partial charge on any atom is 0.281 e. The van der Waals surface area contributed by atoms with Gasteiger partial charge in [-0.2, -0.15) is 17.0 Å². The van der Waals surface area contributed by atoms with Gasteiger partial charge >= 0.3 is 0 Å². The fraction of sp³-hybridized carbons (Fsp3) is 0.643. The summed E-state index contributed by atoms with van der Waals surface area (Å²) in [6, 6.07) is 0. The van der Waals surface area contributed by atoms with Crippen LogP contribution in [0.5, 0.6) is 0 Å². The highest BCUT2D eigenvalue weighted by Gasteiger charge is 2.29. The number of aryl methyl sites for hydroxylation is 1. The molecule has 1 fully saturated rings. The van der Waals surface area contributed by atoms with Gasteiger partial charge in [-0.15, -0.1) is 0 Å². The van der Waals surface area contributed by atoms with Crippen molar-refractivity contribution in [1.82, 2.24) is 28.1 Å². The first-order valence-corrected chi connectivity index (χ1v) is 9.33. The number of nitrogens with zero attached hydrogens (tertiary/aromatic N) is 6. The quantitative estimate of drug-likeness (QED) is 0.830. The van der Waals surface area contributed by atoms with Crippen molar-refractivity contribution < 1.29 is 8.42 Å². The van der Waals surface area contributed by atoms with Gasteiger partial charge in [0.25, 0.3) is 10.2 Å². The number of aromatic nitrogens is 4. The zero-order chi connectivity index (χ0) is 17.3. The number of fused-ring (bicyclic) bond motifs is 1. The molecule has 10 heteroatoms. The third-order valence-corrected chi connectivity index (χ3v) is 6.36. The summed E-state index contributed by atoms with van der Waals surface area (Å²) in [5.41, 5.74) is 1.55. The van der Waals surface area contributed by atoms with Crippen molar-refractivity contribution in [2.45, 2.75) is 12.8 Å². The molecule has 1 saturated heterocycles. The van der Waals surface area contributed by atoms with Crippen LogP contribution in [-0.2, 0) is 17.3 Å². The molecule has 1 aliphatic rings. The molecule has 0 aliphatic carbocycles. The zero-order valence-electron chi connectivity index (χ0n) is 14.2. The van der Waals surface area contributed by atoms with Gasteiger partial charge in [0.1, 0.15) is 11.8 Å². The summed E-state index contributed by atoms with van der Waals surface area (Å²) >= 11 is 0. The van der Waals surface area contributed by atoms with Crippen molar-refractivity contribution >= 4 is 27.2 Å². The van der Waals surface area contributed by atoms with E-state index >= 15 is 0 Å². The van der Waals surface area contributed by atoms with Crippen molar-refractivity contribution in [3.05, 3.63) is 12.7 Å². The molecule has 1 aliphatic heterocycles. The second-order valence-corrected chi connectivity index (χ2v) is 8.41. The lowest BCUT2D eigenvalue weighted by Crippen LogP contribution is -2.45. The van der Waals surface area contributed by atoms with E-state index < -0.39 is 10.2 Å². The van der Waals surface area contributed by atoms with E-state index in [0.29, 0.717) is 19.0 Å². The molecular weight excluding hydrogens is 330 g/mol. The minimum atomic E-state index is -3.30. The van der Waals surface area contributed by atoms with E-state index in [-0.39, 0.29) is 0 Å². The molecule has 0 aromatic carbocycles. The average Bonchev–Trinajstić information content (AvgIpc) is 2.95. The lowest BCUT2D eigenvalue weighted by molar-refractivity contribution is 0.270. The molecule has 0 saturated carbocycles. The molecular formula is C14H23N7O2S. The van der Waals surface area contributed by atoms with Crippen LogP contribution in [0.3, 0.4) is 0 Å². The summed E-state index contributed by atoms with van der Waals surface area (Å²) in [4.78, 5) is 12.8. The topological polar surface area (TPSA) is 96.2 Å². The van der Waals surface area contributed by atoms with Crippen LogP contribution in [0.4, 0.5) is 5.82 Å². The maximum absolute atomic E-state index is 12.1. The normalized spacial score (nSPS) is 17.7. The summed E-state index contributed by atoms with van der Waals surface area (Å²) in [5, 5.41) is 3.34. The first-order chi connectivity index (χ1) is 11.4. The second kappa shape index (κ2) is 6.61. The number of hydrogen-bond acceptors (Lipinski definition) is 6. The molecule has 2 aromatic rings. The fourth-order valence-corrected chi connectivity index (χ4v) is 4.03. The number of nitrogens with one attached hydrogen (secondary N) is 1. The first-order valence-electron chi connectivity index (χ1n) is 7.93. The molecule has 2 aromatic heterocycles. The van der Waals surface area contributed by atoms with E-state index in [0.717, 1.165) is 36.4 Å². The van der Waals surface area contributed by atoms with E-state index in [2.05, 4.69) is 20.3 Å². The highest BCUT2D eigenvalue weighted by atomic mass is 32.2. The molecule has 0 atom stereocenters. The largest absolute Gasteiger partial charge is 0.368 e. The van der Waals surface area contributed by atoms with Crippen LogP contribution in [0.25, 0.3) is 11.2 Å². The Morgan fingerprint density at radius 2 is 1.96 bits per heavy atom. The van der Waals surface area contributed by atoms with E-state index in [1.807, 2.05) is 11.6 Å². The number of anilines is 1. The second-order valence-electron chi connectivity index (χ2n) is 6.26. The van der Waals surface area contributed by atoms with Crippen molar-refractivity contribution in [2.24, 2.45) is 13.0 Å². The molecule has 0 bridgehead atoms. The predicted octanol–water partition coefficient (Wildman–Crippen LogP) is 0.294. The van der Waals surface area contributed by atoms with Gasteiger partial charge in [0.2, 0.25) is 0 Å². The number of rotatable bonds is 5. The minimum Gasteiger partial charge on any atom is -0.368 e. The van der Waals surface area contributed by atoms with Gasteiger partial charge in [-0.3, -0.25) is 0 Å². The molecule has 132 valence electrons. The predicted molar refractivity (Wildman–Crippen MR) is 91.7 cm³/mol. The Labute approximate surface area is 141 Å². The van der Waals surface area contributed by atoms with Gasteiger partial charge in [-0.25, -0.2) is 15.0 Å². The van der Waals surface area contributed by atoms with E-state index in [4.69, 9.17) is 0 Å². The van der Waals surface area contributed by atoms with Gasteiger partial charge in [-0.1, -0.05) is 0 Å². The summed E-state index contributed by atoms with van der Waals surface area (Å²) in [5.74, 6) is 1.14. The first kappa shape index (κ1) is 17.1. The van der Waals surface area contributed by atoms with Crippen LogP contribution in [0, 0.1) is 5.92 Å². The third kappa shape index (κ3) is 3.21. The smallest absolute Gasteiger partial charge is 0.281 e. The molecule has 9 nitrogen and oxygen atoms in total. The number of piperidine rings is 1. The van der Waals surface area contributed by atoms with E-state index in [9.17, 15) is 8.42 Å². The highest BCUT2D eigenvalue weighted by molar-refractivity contribution is 7.86. The van der Waals surface area contributed by atoms with Gasteiger partial charge in [-0.05, 0) is 18.8 Å². The average molecular weight is 353 g/mol.